The van der Waals surface area contributed by atoms with Crippen LogP contribution in [0, 0.1) is 5.82 Å². The lowest BCUT2D eigenvalue weighted by Gasteiger charge is -2.06. The average molecular weight is 384 g/mol. The molecule has 0 atom stereocenters. The Hall–Kier alpha value is -2.93. The number of nitrogens with zero attached hydrogens (tertiary/aromatic N) is 1. The number of carbonyl (C=O) groups excluding carboxylic acids is 2. The van der Waals surface area contributed by atoms with Gasteiger partial charge in [-0.2, -0.15) is 0 Å². The minimum Gasteiger partial charge on any atom is -0.459 e. The van der Waals surface area contributed by atoms with Gasteiger partial charge in [0.15, 0.2) is 0 Å². The van der Waals surface area contributed by atoms with Crippen LogP contribution in [0.15, 0.2) is 60.7 Å². The molecular weight excluding hydrogens is 367 g/mol. The van der Waals surface area contributed by atoms with E-state index in [0.717, 1.165) is 22.7 Å². The number of rotatable bonds is 7. The van der Waals surface area contributed by atoms with Crippen LogP contribution in [0.25, 0.3) is 10.9 Å². The highest BCUT2D eigenvalue weighted by Gasteiger charge is 2.08. The predicted molar refractivity (Wildman–Crippen MR) is 104 cm³/mol. The van der Waals surface area contributed by atoms with Gasteiger partial charge < -0.3 is 10.1 Å². The number of hydrogen-bond acceptors (Lipinski definition) is 5. The Kier molecular flexibility index (Phi) is 6.38. The number of fused-ring (bicyclic) bond motifs is 1. The molecule has 138 valence electrons. The van der Waals surface area contributed by atoms with Gasteiger partial charge in [-0.15, -0.1) is 11.8 Å². The maximum Gasteiger partial charge on any atom is 0.316 e. The molecule has 1 amide bonds. The molecule has 3 aromatic rings. The molecule has 3 rings (SSSR count). The summed E-state index contributed by atoms with van der Waals surface area (Å²) in [4.78, 5) is 28.0. The molecule has 5 nitrogen and oxygen atoms in total. The molecule has 0 fully saturated rings. The number of para-hydroxylation sites is 1. The van der Waals surface area contributed by atoms with Gasteiger partial charge in [-0.3, -0.25) is 9.59 Å². The number of anilines is 1. The van der Waals surface area contributed by atoms with Crippen molar-refractivity contribution >= 4 is 40.2 Å². The van der Waals surface area contributed by atoms with Gasteiger partial charge in [-0.25, -0.2) is 9.37 Å². The number of hydrogen-bond donors (Lipinski definition) is 1. The van der Waals surface area contributed by atoms with Crippen LogP contribution in [0.1, 0.15) is 5.69 Å². The van der Waals surface area contributed by atoms with E-state index in [9.17, 15) is 14.0 Å². The van der Waals surface area contributed by atoms with E-state index in [4.69, 9.17) is 4.74 Å². The van der Waals surface area contributed by atoms with Crippen molar-refractivity contribution in [2.45, 2.75) is 6.61 Å². The number of benzene rings is 2. The highest BCUT2D eigenvalue weighted by molar-refractivity contribution is 8.00. The summed E-state index contributed by atoms with van der Waals surface area (Å²) in [7, 11) is 0. The van der Waals surface area contributed by atoms with Crippen LogP contribution < -0.4 is 5.32 Å². The lowest BCUT2D eigenvalue weighted by Crippen LogP contribution is -2.16. The molecule has 1 heterocycles. The molecular formula is C20H17FN2O3S. The number of amides is 1. The fourth-order valence-electron chi connectivity index (χ4n) is 2.34. The van der Waals surface area contributed by atoms with E-state index in [1.807, 2.05) is 36.4 Å². The van der Waals surface area contributed by atoms with Crippen molar-refractivity contribution in [1.29, 1.82) is 0 Å². The molecule has 0 aliphatic carbocycles. The monoisotopic (exact) mass is 384 g/mol. The number of esters is 1. The Morgan fingerprint density at radius 2 is 1.78 bits per heavy atom. The molecule has 0 bridgehead atoms. The first kappa shape index (κ1) is 18.8. The number of nitrogens with one attached hydrogen (secondary N) is 1. The van der Waals surface area contributed by atoms with Crippen LogP contribution in [-0.4, -0.2) is 28.4 Å². The number of aromatic nitrogens is 1. The van der Waals surface area contributed by atoms with Crippen LogP contribution in [0.4, 0.5) is 10.1 Å². The summed E-state index contributed by atoms with van der Waals surface area (Å²) >= 11 is 1.15. The smallest absolute Gasteiger partial charge is 0.316 e. The van der Waals surface area contributed by atoms with Gasteiger partial charge in [0.25, 0.3) is 0 Å². The highest BCUT2D eigenvalue weighted by Crippen LogP contribution is 2.13. The van der Waals surface area contributed by atoms with Gasteiger partial charge in [0.1, 0.15) is 12.4 Å². The van der Waals surface area contributed by atoms with E-state index in [-0.39, 0.29) is 29.8 Å². The van der Waals surface area contributed by atoms with E-state index < -0.39 is 5.97 Å². The Labute approximate surface area is 159 Å². The zero-order chi connectivity index (χ0) is 19.1. The fraction of sp³-hybridized carbons (Fsp3) is 0.150. The van der Waals surface area contributed by atoms with Crippen molar-refractivity contribution in [3.8, 4) is 0 Å². The molecule has 0 saturated heterocycles. The van der Waals surface area contributed by atoms with E-state index >= 15 is 0 Å². The first-order valence-electron chi connectivity index (χ1n) is 8.23. The Morgan fingerprint density at radius 1 is 1.00 bits per heavy atom. The molecule has 1 aromatic heterocycles. The van der Waals surface area contributed by atoms with Crippen molar-refractivity contribution in [3.05, 3.63) is 72.2 Å². The molecule has 7 heteroatoms. The third-order valence-electron chi connectivity index (χ3n) is 3.62. The van der Waals surface area contributed by atoms with E-state index in [2.05, 4.69) is 10.3 Å². The van der Waals surface area contributed by atoms with Gasteiger partial charge in [-0.1, -0.05) is 24.3 Å². The SMILES string of the molecule is O=C(CSCC(=O)OCc1ccc2ccccc2n1)Nc1ccc(F)cc1. The van der Waals surface area contributed by atoms with Crippen LogP contribution in [-0.2, 0) is 20.9 Å². The summed E-state index contributed by atoms with van der Waals surface area (Å²) in [5.41, 5.74) is 2.02. The van der Waals surface area contributed by atoms with E-state index in [1.165, 1.54) is 24.3 Å². The molecule has 1 N–H and O–H groups in total. The maximum absolute atomic E-state index is 12.8. The van der Waals surface area contributed by atoms with Crippen LogP contribution >= 0.6 is 11.8 Å². The standard InChI is InChI=1S/C20H17FN2O3S/c21-15-6-9-16(10-7-15)23-19(24)12-27-13-20(25)26-11-17-8-5-14-3-1-2-4-18(14)22-17/h1-10H,11-13H2,(H,23,24). The summed E-state index contributed by atoms with van der Waals surface area (Å²) in [6, 6.07) is 16.9. The van der Waals surface area contributed by atoms with Crippen molar-refractivity contribution in [2.24, 2.45) is 0 Å². The highest BCUT2D eigenvalue weighted by atomic mass is 32.2. The first-order chi connectivity index (χ1) is 13.1. The molecule has 0 aliphatic heterocycles. The third-order valence-corrected chi connectivity index (χ3v) is 4.52. The first-order valence-corrected chi connectivity index (χ1v) is 9.39. The molecule has 2 aromatic carbocycles. The van der Waals surface area contributed by atoms with Crippen molar-refractivity contribution in [2.75, 3.05) is 16.8 Å². The van der Waals surface area contributed by atoms with Crippen LogP contribution in [0.3, 0.4) is 0 Å². The second-order valence-corrected chi connectivity index (χ2v) is 6.69. The van der Waals surface area contributed by atoms with Gasteiger partial charge in [0.05, 0.1) is 22.7 Å². The molecule has 0 saturated carbocycles. The lowest BCUT2D eigenvalue weighted by atomic mass is 10.2. The summed E-state index contributed by atoms with van der Waals surface area (Å²) < 4.78 is 18.0. The second kappa shape index (κ2) is 9.14. The summed E-state index contributed by atoms with van der Waals surface area (Å²) in [5, 5.41) is 3.65. The zero-order valence-electron chi connectivity index (χ0n) is 14.4. The Balaban J connectivity index is 1.38. The van der Waals surface area contributed by atoms with Crippen molar-refractivity contribution < 1.29 is 18.7 Å². The summed E-state index contributed by atoms with van der Waals surface area (Å²) in [6.07, 6.45) is 0. The summed E-state index contributed by atoms with van der Waals surface area (Å²) in [5.74, 6) is -0.892. The van der Waals surface area contributed by atoms with Gasteiger partial charge in [0, 0.05) is 11.1 Å². The van der Waals surface area contributed by atoms with Gasteiger partial charge in [0.2, 0.25) is 5.91 Å². The minimum atomic E-state index is -0.412. The molecule has 0 unspecified atom stereocenters. The maximum atomic E-state index is 12.8. The Bertz CT molecular complexity index is 947. The molecule has 0 aliphatic rings. The molecule has 27 heavy (non-hydrogen) atoms. The zero-order valence-corrected chi connectivity index (χ0v) is 15.2. The normalized spacial score (nSPS) is 10.6. The Morgan fingerprint density at radius 3 is 2.59 bits per heavy atom. The van der Waals surface area contributed by atoms with Gasteiger partial charge >= 0.3 is 5.97 Å². The van der Waals surface area contributed by atoms with Crippen LogP contribution in [0.2, 0.25) is 0 Å². The van der Waals surface area contributed by atoms with Crippen molar-refractivity contribution in [1.82, 2.24) is 4.98 Å². The van der Waals surface area contributed by atoms with E-state index in [1.54, 1.807) is 0 Å². The molecule has 0 spiro atoms. The molecule has 0 radical (unpaired) electrons. The quantitative estimate of drug-likeness (QED) is 0.628. The minimum absolute atomic E-state index is 0.0599. The number of carbonyl (C=O) groups is 2. The summed E-state index contributed by atoms with van der Waals surface area (Å²) in [6.45, 7) is 0.0893. The van der Waals surface area contributed by atoms with Gasteiger partial charge in [-0.05, 0) is 36.4 Å². The van der Waals surface area contributed by atoms with Crippen molar-refractivity contribution in [3.63, 3.8) is 0 Å². The fourth-order valence-corrected chi connectivity index (χ4v) is 2.95. The van der Waals surface area contributed by atoms with E-state index in [0.29, 0.717) is 11.4 Å². The topological polar surface area (TPSA) is 68.3 Å². The number of pyridine rings is 1. The number of thioether (sulfide) groups is 1. The number of ether oxygens (including phenoxy) is 1. The largest absolute Gasteiger partial charge is 0.459 e. The predicted octanol–water partition coefficient (Wildman–Crippen LogP) is 3.79. The average Bonchev–Trinajstić information content (AvgIpc) is 2.68. The third kappa shape index (κ3) is 5.79. The van der Waals surface area contributed by atoms with Crippen LogP contribution in [0.5, 0.6) is 0 Å². The number of halogens is 1. The second-order valence-electron chi connectivity index (χ2n) is 5.70. The lowest BCUT2D eigenvalue weighted by molar-refractivity contribution is -0.141.